The van der Waals surface area contributed by atoms with E-state index >= 15 is 0 Å². The summed E-state index contributed by atoms with van der Waals surface area (Å²) in [7, 11) is 2.12. The molecule has 0 amide bonds. The highest BCUT2D eigenvalue weighted by molar-refractivity contribution is 5.44. The number of halogens is 2. The van der Waals surface area contributed by atoms with E-state index in [9.17, 15) is 8.78 Å². The highest BCUT2D eigenvalue weighted by Crippen LogP contribution is 2.22. The summed E-state index contributed by atoms with van der Waals surface area (Å²) in [6.07, 6.45) is 2.38. The molecule has 1 heterocycles. The molecule has 18 heavy (non-hydrogen) atoms. The zero-order valence-corrected chi connectivity index (χ0v) is 10.9. The minimum Gasteiger partial charge on any atom is -0.382 e. The molecule has 0 aromatic heterocycles. The van der Waals surface area contributed by atoms with Gasteiger partial charge in [0.25, 0.3) is 0 Å². The van der Waals surface area contributed by atoms with Crippen LogP contribution in [0.2, 0.25) is 0 Å². The van der Waals surface area contributed by atoms with E-state index in [-0.39, 0.29) is 6.04 Å². The van der Waals surface area contributed by atoms with E-state index in [1.165, 1.54) is 18.9 Å². The summed E-state index contributed by atoms with van der Waals surface area (Å²) in [6, 6.07) is 4.23. The Balaban J connectivity index is 1.97. The van der Waals surface area contributed by atoms with Crippen LogP contribution in [0, 0.1) is 17.6 Å². The topological polar surface area (TPSA) is 15.3 Å². The largest absolute Gasteiger partial charge is 0.382 e. The van der Waals surface area contributed by atoms with Gasteiger partial charge in [0.15, 0.2) is 11.6 Å². The second-order valence-electron chi connectivity index (χ2n) is 5.23. The van der Waals surface area contributed by atoms with Gasteiger partial charge in [-0.25, -0.2) is 8.78 Å². The van der Waals surface area contributed by atoms with Gasteiger partial charge in [-0.3, -0.25) is 0 Å². The first-order valence-electron chi connectivity index (χ1n) is 6.46. The second kappa shape index (κ2) is 5.65. The minimum absolute atomic E-state index is 0.262. The molecule has 1 aromatic carbocycles. The van der Waals surface area contributed by atoms with Crippen molar-refractivity contribution in [2.75, 3.05) is 25.5 Å². The summed E-state index contributed by atoms with van der Waals surface area (Å²) in [5, 5.41) is 3.27. The number of hydrogen-bond acceptors (Lipinski definition) is 2. The van der Waals surface area contributed by atoms with Crippen LogP contribution in [-0.4, -0.2) is 31.1 Å². The number of likely N-dealkylation sites (tertiary alicyclic amines) is 1. The summed E-state index contributed by atoms with van der Waals surface area (Å²) in [4.78, 5) is 2.32. The van der Waals surface area contributed by atoms with Crippen LogP contribution in [0.3, 0.4) is 0 Å². The molecule has 1 saturated heterocycles. The number of piperidine rings is 1. The number of hydrogen-bond donors (Lipinski definition) is 1. The van der Waals surface area contributed by atoms with E-state index < -0.39 is 11.6 Å². The third kappa shape index (κ3) is 3.19. The summed E-state index contributed by atoms with van der Waals surface area (Å²) >= 11 is 0. The Morgan fingerprint density at radius 3 is 2.78 bits per heavy atom. The number of nitrogens with zero attached hydrogens (tertiary/aromatic N) is 1. The maximum Gasteiger partial charge on any atom is 0.160 e. The molecule has 0 spiro atoms. The fourth-order valence-electron chi connectivity index (χ4n) is 2.58. The molecule has 1 fully saturated rings. The normalized spacial score (nSPS) is 22.8. The SMILES string of the molecule is CC(Nc1ccc(F)c(F)c1)C1CCCN(C)C1. The van der Waals surface area contributed by atoms with Crippen LogP contribution in [0.4, 0.5) is 14.5 Å². The molecule has 1 aliphatic heterocycles. The van der Waals surface area contributed by atoms with E-state index in [0.29, 0.717) is 11.6 Å². The molecular weight excluding hydrogens is 234 g/mol. The number of rotatable bonds is 3. The van der Waals surface area contributed by atoms with E-state index in [0.717, 1.165) is 19.2 Å². The Hall–Kier alpha value is -1.16. The first-order chi connectivity index (χ1) is 8.56. The smallest absolute Gasteiger partial charge is 0.160 e. The number of anilines is 1. The fourth-order valence-corrected chi connectivity index (χ4v) is 2.58. The lowest BCUT2D eigenvalue weighted by Crippen LogP contribution is -2.39. The Bertz CT molecular complexity index is 409. The predicted molar refractivity (Wildman–Crippen MR) is 69.7 cm³/mol. The third-order valence-corrected chi connectivity index (χ3v) is 3.68. The lowest BCUT2D eigenvalue weighted by atomic mass is 9.92. The fraction of sp³-hybridized carbons (Fsp3) is 0.571. The highest BCUT2D eigenvalue weighted by atomic mass is 19.2. The van der Waals surface area contributed by atoms with E-state index in [4.69, 9.17) is 0 Å². The van der Waals surface area contributed by atoms with Gasteiger partial charge in [-0.1, -0.05) is 0 Å². The van der Waals surface area contributed by atoms with Gasteiger partial charge in [-0.15, -0.1) is 0 Å². The van der Waals surface area contributed by atoms with Crippen molar-refractivity contribution in [1.82, 2.24) is 4.90 Å². The molecule has 0 radical (unpaired) electrons. The van der Waals surface area contributed by atoms with Crippen molar-refractivity contribution in [2.24, 2.45) is 5.92 Å². The van der Waals surface area contributed by atoms with Crippen molar-refractivity contribution in [2.45, 2.75) is 25.8 Å². The molecule has 4 heteroatoms. The monoisotopic (exact) mass is 254 g/mol. The van der Waals surface area contributed by atoms with Crippen molar-refractivity contribution in [3.63, 3.8) is 0 Å². The van der Waals surface area contributed by atoms with Crippen LogP contribution in [0.1, 0.15) is 19.8 Å². The molecular formula is C14H20F2N2. The number of benzene rings is 1. The predicted octanol–water partition coefficient (Wildman–Crippen LogP) is 3.11. The molecule has 0 bridgehead atoms. The molecule has 0 saturated carbocycles. The zero-order valence-electron chi connectivity index (χ0n) is 10.9. The van der Waals surface area contributed by atoms with Gasteiger partial charge in [0.05, 0.1) is 0 Å². The Labute approximate surface area is 107 Å². The van der Waals surface area contributed by atoms with Crippen LogP contribution in [0.25, 0.3) is 0 Å². The van der Waals surface area contributed by atoms with Gasteiger partial charge in [-0.2, -0.15) is 0 Å². The molecule has 2 atom stereocenters. The minimum atomic E-state index is -0.800. The average Bonchev–Trinajstić information content (AvgIpc) is 2.34. The van der Waals surface area contributed by atoms with Crippen LogP contribution in [-0.2, 0) is 0 Å². The molecule has 0 aliphatic carbocycles. The molecule has 2 unspecified atom stereocenters. The van der Waals surface area contributed by atoms with Crippen molar-refractivity contribution < 1.29 is 8.78 Å². The van der Waals surface area contributed by atoms with E-state index in [2.05, 4.69) is 24.2 Å². The standard InChI is InChI=1S/C14H20F2N2/c1-10(11-4-3-7-18(2)9-11)17-12-5-6-13(15)14(16)8-12/h5-6,8,10-11,17H,3-4,7,9H2,1-2H3. The van der Waals surface area contributed by atoms with Crippen LogP contribution < -0.4 is 5.32 Å². The summed E-state index contributed by atoms with van der Waals surface area (Å²) in [5.74, 6) is -1.05. The van der Waals surface area contributed by atoms with Gasteiger partial charge in [0.2, 0.25) is 0 Å². The molecule has 1 N–H and O–H groups in total. The van der Waals surface area contributed by atoms with Gasteiger partial charge >= 0.3 is 0 Å². The van der Waals surface area contributed by atoms with Crippen molar-refractivity contribution in [3.05, 3.63) is 29.8 Å². The first kappa shape index (κ1) is 13.3. The third-order valence-electron chi connectivity index (χ3n) is 3.68. The number of nitrogens with one attached hydrogen (secondary N) is 1. The molecule has 2 nitrogen and oxygen atoms in total. The maximum atomic E-state index is 13.1. The Morgan fingerprint density at radius 2 is 2.11 bits per heavy atom. The van der Waals surface area contributed by atoms with Crippen molar-refractivity contribution >= 4 is 5.69 Å². The average molecular weight is 254 g/mol. The van der Waals surface area contributed by atoms with Gasteiger partial charge < -0.3 is 10.2 Å². The zero-order chi connectivity index (χ0) is 13.1. The summed E-state index contributed by atoms with van der Waals surface area (Å²) in [5.41, 5.74) is 0.648. The van der Waals surface area contributed by atoms with Crippen LogP contribution in [0.15, 0.2) is 18.2 Å². The van der Waals surface area contributed by atoms with E-state index in [1.54, 1.807) is 6.07 Å². The van der Waals surface area contributed by atoms with Gasteiger partial charge in [-0.05, 0) is 51.4 Å². The molecule has 1 aliphatic rings. The first-order valence-corrected chi connectivity index (χ1v) is 6.46. The second-order valence-corrected chi connectivity index (χ2v) is 5.23. The lowest BCUT2D eigenvalue weighted by molar-refractivity contribution is 0.197. The lowest BCUT2D eigenvalue weighted by Gasteiger charge is -2.34. The Kier molecular flexibility index (Phi) is 4.17. The molecule has 2 rings (SSSR count). The van der Waals surface area contributed by atoms with Gasteiger partial charge in [0.1, 0.15) is 0 Å². The highest BCUT2D eigenvalue weighted by Gasteiger charge is 2.22. The summed E-state index contributed by atoms with van der Waals surface area (Å²) < 4.78 is 25.9. The quantitative estimate of drug-likeness (QED) is 0.891. The molecule has 1 aromatic rings. The van der Waals surface area contributed by atoms with Crippen LogP contribution in [0.5, 0.6) is 0 Å². The Morgan fingerprint density at radius 1 is 1.33 bits per heavy atom. The van der Waals surface area contributed by atoms with Crippen molar-refractivity contribution in [1.29, 1.82) is 0 Å². The van der Waals surface area contributed by atoms with Gasteiger partial charge in [0, 0.05) is 24.3 Å². The van der Waals surface area contributed by atoms with E-state index in [1.807, 2.05) is 0 Å². The van der Waals surface area contributed by atoms with Crippen LogP contribution >= 0.6 is 0 Å². The molecule has 100 valence electrons. The van der Waals surface area contributed by atoms with Crippen molar-refractivity contribution in [3.8, 4) is 0 Å². The maximum absolute atomic E-state index is 13.1. The summed E-state index contributed by atoms with van der Waals surface area (Å²) in [6.45, 7) is 4.30.